The summed E-state index contributed by atoms with van der Waals surface area (Å²) in [6.07, 6.45) is -1.85. The lowest BCUT2D eigenvalue weighted by Crippen LogP contribution is -2.37. The molecule has 0 rings (SSSR count). The van der Waals surface area contributed by atoms with E-state index in [0.29, 0.717) is 0 Å². The van der Waals surface area contributed by atoms with Crippen molar-refractivity contribution in [1.82, 2.24) is 0 Å². The summed E-state index contributed by atoms with van der Waals surface area (Å²) in [7, 11) is -3.30. The van der Waals surface area contributed by atoms with Gasteiger partial charge in [0, 0.05) is 26.9 Å². The largest absolute Gasteiger partial charge is 0.456 e. The molecule has 0 spiro atoms. The molecule has 0 unspecified atom stereocenters. The van der Waals surface area contributed by atoms with Gasteiger partial charge in [-0.05, 0) is 20.8 Å². The third kappa shape index (κ3) is 9.71. The first kappa shape index (κ1) is 22.1. The van der Waals surface area contributed by atoms with Gasteiger partial charge in [-0.1, -0.05) is 0 Å². The molecule has 0 aliphatic heterocycles. The van der Waals surface area contributed by atoms with Crippen LogP contribution in [-0.2, 0) is 37.4 Å². The van der Waals surface area contributed by atoms with Crippen LogP contribution in [0.5, 0.6) is 0 Å². The minimum absolute atomic E-state index is 0.0114. The van der Waals surface area contributed by atoms with Crippen molar-refractivity contribution in [3.05, 3.63) is 0 Å². The summed E-state index contributed by atoms with van der Waals surface area (Å²) in [6.45, 7) is 8.30. The number of esters is 2. The summed E-state index contributed by atoms with van der Waals surface area (Å²) in [4.78, 5) is 22.5. The lowest BCUT2D eigenvalue weighted by Gasteiger charge is -2.27. The van der Waals surface area contributed by atoms with Crippen LogP contribution in [0, 0.1) is 0 Å². The summed E-state index contributed by atoms with van der Waals surface area (Å²) < 4.78 is 38.3. The second kappa shape index (κ2) is 11.6. The zero-order valence-electron chi connectivity index (χ0n) is 14.4. The zero-order chi connectivity index (χ0) is 17.9. The van der Waals surface area contributed by atoms with Gasteiger partial charge in [0.15, 0.2) is 6.10 Å². The normalized spacial score (nSPS) is 14.1. The molecule has 0 aromatic carbocycles. The van der Waals surface area contributed by atoms with Crippen LogP contribution in [0.4, 0.5) is 0 Å². The van der Waals surface area contributed by atoms with Crippen molar-refractivity contribution < 1.29 is 37.4 Å². The van der Waals surface area contributed by atoms with Crippen LogP contribution in [0.3, 0.4) is 0 Å². The molecule has 0 aliphatic rings. The molecule has 0 radical (unpaired) electrons. The van der Waals surface area contributed by atoms with Crippen LogP contribution < -0.4 is 0 Å². The standard InChI is InChI=1S/C14H27O8P/c1-6-18-14(22-12(5)16)13(21-11(4)15)9-10-23(17,19-7-2)20-8-3/h13-14H,6-10H2,1-5H3/t13-,14-/m1/s1. The molecule has 0 aromatic rings. The van der Waals surface area contributed by atoms with E-state index in [1.54, 1.807) is 20.8 Å². The first-order chi connectivity index (χ1) is 10.8. The van der Waals surface area contributed by atoms with E-state index in [2.05, 4.69) is 0 Å². The molecule has 0 amide bonds. The van der Waals surface area contributed by atoms with E-state index in [0.717, 1.165) is 0 Å². The van der Waals surface area contributed by atoms with E-state index >= 15 is 0 Å². The first-order valence-corrected chi connectivity index (χ1v) is 9.34. The molecule has 8 nitrogen and oxygen atoms in total. The fourth-order valence-electron chi connectivity index (χ4n) is 1.85. The molecule has 136 valence electrons. The van der Waals surface area contributed by atoms with E-state index in [9.17, 15) is 14.2 Å². The highest BCUT2D eigenvalue weighted by atomic mass is 31.2. The summed E-state index contributed by atoms with van der Waals surface area (Å²) in [5.74, 6) is -1.13. The van der Waals surface area contributed by atoms with Gasteiger partial charge in [-0.25, -0.2) is 0 Å². The molecule has 0 heterocycles. The lowest BCUT2D eigenvalue weighted by atomic mass is 10.2. The van der Waals surface area contributed by atoms with E-state index < -0.39 is 31.9 Å². The van der Waals surface area contributed by atoms with Gasteiger partial charge >= 0.3 is 19.5 Å². The minimum atomic E-state index is -3.30. The van der Waals surface area contributed by atoms with Crippen molar-refractivity contribution in [1.29, 1.82) is 0 Å². The Kier molecular flexibility index (Phi) is 11.1. The van der Waals surface area contributed by atoms with Gasteiger partial charge in [-0.15, -0.1) is 0 Å². The van der Waals surface area contributed by atoms with Crippen LogP contribution in [0.1, 0.15) is 41.0 Å². The Balaban J connectivity index is 5.02. The van der Waals surface area contributed by atoms with Crippen LogP contribution in [0.25, 0.3) is 0 Å². The summed E-state index contributed by atoms with van der Waals surface area (Å²) in [6, 6.07) is 0. The van der Waals surface area contributed by atoms with Gasteiger partial charge in [0.1, 0.15) is 0 Å². The van der Waals surface area contributed by atoms with Gasteiger partial charge in [-0.3, -0.25) is 14.2 Å². The SMILES string of the molecule is CCO[C@H](OC(C)=O)[C@@H](CCP(=O)(OCC)OCC)OC(C)=O. The molecule has 2 atom stereocenters. The number of hydrogen-bond donors (Lipinski definition) is 0. The molecule has 0 saturated heterocycles. The highest BCUT2D eigenvalue weighted by Gasteiger charge is 2.32. The van der Waals surface area contributed by atoms with E-state index in [1.165, 1.54) is 13.8 Å². The molecule has 0 fully saturated rings. The number of rotatable bonds is 12. The predicted molar refractivity (Wildman–Crippen MR) is 83.1 cm³/mol. The maximum Gasteiger partial charge on any atom is 0.330 e. The van der Waals surface area contributed by atoms with Crippen molar-refractivity contribution in [3.8, 4) is 0 Å². The summed E-state index contributed by atoms with van der Waals surface area (Å²) in [5, 5.41) is 0. The van der Waals surface area contributed by atoms with Crippen molar-refractivity contribution in [2.24, 2.45) is 0 Å². The second-order valence-electron chi connectivity index (χ2n) is 4.54. The van der Waals surface area contributed by atoms with Gasteiger partial charge < -0.3 is 23.3 Å². The molecule has 0 saturated carbocycles. The number of ether oxygens (including phenoxy) is 3. The number of hydrogen-bond acceptors (Lipinski definition) is 8. The van der Waals surface area contributed by atoms with Crippen LogP contribution in [0.2, 0.25) is 0 Å². The Morgan fingerprint density at radius 3 is 1.83 bits per heavy atom. The van der Waals surface area contributed by atoms with Crippen LogP contribution >= 0.6 is 7.60 Å². The Morgan fingerprint density at radius 1 is 0.913 bits per heavy atom. The van der Waals surface area contributed by atoms with E-state index in [1.807, 2.05) is 0 Å². The Morgan fingerprint density at radius 2 is 1.43 bits per heavy atom. The van der Waals surface area contributed by atoms with Crippen LogP contribution in [-0.4, -0.2) is 50.3 Å². The van der Waals surface area contributed by atoms with Crippen molar-refractivity contribution in [3.63, 3.8) is 0 Å². The van der Waals surface area contributed by atoms with Gasteiger partial charge in [0.25, 0.3) is 0 Å². The molecule has 0 N–H and O–H groups in total. The van der Waals surface area contributed by atoms with Crippen molar-refractivity contribution in [2.45, 2.75) is 53.4 Å². The quantitative estimate of drug-likeness (QED) is 0.299. The highest BCUT2D eigenvalue weighted by molar-refractivity contribution is 7.53. The molecule has 23 heavy (non-hydrogen) atoms. The molecular formula is C14H27O8P. The predicted octanol–water partition coefficient (Wildman–Crippen LogP) is 2.50. The molecule has 0 bridgehead atoms. The molecular weight excluding hydrogens is 327 g/mol. The Bertz CT molecular complexity index is 402. The second-order valence-corrected chi connectivity index (χ2v) is 6.73. The van der Waals surface area contributed by atoms with Gasteiger partial charge in [0.05, 0.1) is 19.4 Å². The third-order valence-electron chi connectivity index (χ3n) is 2.57. The third-order valence-corrected chi connectivity index (χ3v) is 4.68. The van der Waals surface area contributed by atoms with Crippen LogP contribution in [0.15, 0.2) is 0 Å². The monoisotopic (exact) mass is 354 g/mol. The Hall–Kier alpha value is -0.950. The first-order valence-electron chi connectivity index (χ1n) is 7.62. The lowest BCUT2D eigenvalue weighted by molar-refractivity contribution is -0.210. The maximum absolute atomic E-state index is 12.5. The molecule has 9 heteroatoms. The topological polar surface area (TPSA) is 97.4 Å². The molecule has 0 aliphatic carbocycles. The maximum atomic E-state index is 12.5. The summed E-state index contributed by atoms with van der Waals surface area (Å²) >= 11 is 0. The number of carbonyl (C=O) groups excluding carboxylic acids is 2. The summed E-state index contributed by atoms with van der Waals surface area (Å²) in [5.41, 5.74) is 0. The highest BCUT2D eigenvalue weighted by Crippen LogP contribution is 2.49. The smallest absolute Gasteiger partial charge is 0.330 e. The van der Waals surface area contributed by atoms with E-state index in [4.69, 9.17) is 23.3 Å². The molecule has 0 aromatic heterocycles. The number of carbonyl (C=O) groups is 2. The van der Waals surface area contributed by atoms with Gasteiger partial charge in [0.2, 0.25) is 6.29 Å². The average molecular weight is 354 g/mol. The van der Waals surface area contributed by atoms with Crippen molar-refractivity contribution >= 4 is 19.5 Å². The minimum Gasteiger partial charge on any atom is -0.456 e. The Labute approximate surface area is 137 Å². The zero-order valence-corrected chi connectivity index (χ0v) is 15.3. The fourth-order valence-corrected chi connectivity index (χ4v) is 3.54. The van der Waals surface area contributed by atoms with E-state index in [-0.39, 0.29) is 32.4 Å². The average Bonchev–Trinajstić information content (AvgIpc) is 2.43. The fraction of sp³-hybridized carbons (Fsp3) is 0.857. The van der Waals surface area contributed by atoms with Gasteiger partial charge in [-0.2, -0.15) is 0 Å². The van der Waals surface area contributed by atoms with Crippen molar-refractivity contribution in [2.75, 3.05) is 26.0 Å².